The van der Waals surface area contributed by atoms with E-state index in [-0.39, 0.29) is 12.5 Å². The topological polar surface area (TPSA) is 64.6 Å². The van der Waals surface area contributed by atoms with E-state index in [2.05, 4.69) is 5.32 Å². The molecule has 1 amide bonds. The maximum absolute atomic E-state index is 12.6. The standard InChI is InChI=1S/C20H23NO4/c1-4-18(25-15-10-8-9-14(3)13-15)19(22)21-17-12-7-6-11-16(17)20(23)24-5-2/h6-13,18H,4-5H2,1-3H3,(H,21,22)/t18-/m1/s1. The minimum absolute atomic E-state index is 0.273. The van der Waals surface area contributed by atoms with Crippen molar-refractivity contribution in [3.05, 3.63) is 59.7 Å². The van der Waals surface area contributed by atoms with Crippen LogP contribution in [0.4, 0.5) is 5.69 Å². The van der Waals surface area contributed by atoms with Crippen molar-refractivity contribution < 1.29 is 19.1 Å². The van der Waals surface area contributed by atoms with Crippen LogP contribution in [0.1, 0.15) is 36.2 Å². The monoisotopic (exact) mass is 341 g/mol. The number of aryl methyl sites for hydroxylation is 1. The van der Waals surface area contributed by atoms with Crippen molar-refractivity contribution in [1.82, 2.24) is 0 Å². The number of para-hydroxylation sites is 1. The molecule has 0 aliphatic rings. The lowest BCUT2D eigenvalue weighted by molar-refractivity contribution is -0.122. The lowest BCUT2D eigenvalue weighted by atomic mass is 10.1. The number of carbonyl (C=O) groups is 2. The number of ether oxygens (including phenoxy) is 2. The predicted octanol–water partition coefficient (Wildman–Crippen LogP) is 3.97. The molecule has 2 rings (SSSR count). The fraction of sp³-hybridized carbons (Fsp3) is 0.300. The van der Waals surface area contributed by atoms with Gasteiger partial charge in [-0.1, -0.05) is 31.2 Å². The second-order valence-corrected chi connectivity index (χ2v) is 5.59. The fourth-order valence-corrected chi connectivity index (χ4v) is 2.37. The van der Waals surface area contributed by atoms with Crippen LogP contribution in [0, 0.1) is 6.92 Å². The van der Waals surface area contributed by atoms with Crippen LogP contribution < -0.4 is 10.1 Å². The number of benzene rings is 2. The summed E-state index contributed by atoms with van der Waals surface area (Å²) in [6.45, 7) is 5.85. The summed E-state index contributed by atoms with van der Waals surface area (Å²) in [5, 5.41) is 2.77. The average Bonchev–Trinajstić information content (AvgIpc) is 2.60. The number of amides is 1. The Bertz CT molecular complexity index is 742. The van der Waals surface area contributed by atoms with Crippen molar-refractivity contribution in [3.8, 4) is 5.75 Å². The largest absolute Gasteiger partial charge is 0.481 e. The van der Waals surface area contributed by atoms with E-state index in [1.807, 2.05) is 38.1 Å². The molecule has 0 spiro atoms. The summed E-state index contributed by atoms with van der Waals surface area (Å²) in [5.74, 6) is -0.132. The van der Waals surface area contributed by atoms with E-state index in [0.717, 1.165) is 5.56 Å². The summed E-state index contributed by atoms with van der Waals surface area (Å²) in [7, 11) is 0. The van der Waals surface area contributed by atoms with E-state index in [9.17, 15) is 9.59 Å². The zero-order valence-corrected chi connectivity index (χ0v) is 14.7. The van der Waals surface area contributed by atoms with Crippen LogP contribution in [0.25, 0.3) is 0 Å². The summed E-state index contributed by atoms with van der Waals surface area (Å²) >= 11 is 0. The molecule has 0 aliphatic carbocycles. The van der Waals surface area contributed by atoms with Crippen molar-refractivity contribution in [3.63, 3.8) is 0 Å². The molecular weight excluding hydrogens is 318 g/mol. The molecule has 0 bridgehead atoms. The van der Waals surface area contributed by atoms with Gasteiger partial charge < -0.3 is 14.8 Å². The van der Waals surface area contributed by atoms with Gasteiger partial charge in [0.25, 0.3) is 5.91 Å². The highest BCUT2D eigenvalue weighted by Gasteiger charge is 2.21. The van der Waals surface area contributed by atoms with Gasteiger partial charge in [-0.15, -0.1) is 0 Å². The van der Waals surface area contributed by atoms with Crippen LogP contribution in [-0.2, 0) is 9.53 Å². The summed E-state index contributed by atoms with van der Waals surface area (Å²) < 4.78 is 10.8. The van der Waals surface area contributed by atoms with Crippen molar-refractivity contribution in [1.29, 1.82) is 0 Å². The third kappa shape index (κ3) is 5.08. The Morgan fingerprint density at radius 3 is 2.52 bits per heavy atom. The highest BCUT2D eigenvalue weighted by atomic mass is 16.5. The van der Waals surface area contributed by atoms with E-state index >= 15 is 0 Å². The Morgan fingerprint density at radius 2 is 1.84 bits per heavy atom. The van der Waals surface area contributed by atoms with Gasteiger partial charge in [-0.3, -0.25) is 4.79 Å². The van der Waals surface area contributed by atoms with Crippen LogP contribution in [-0.4, -0.2) is 24.6 Å². The molecule has 1 atom stereocenters. The molecule has 0 fully saturated rings. The third-order valence-electron chi connectivity index (χ3n) is 3.61. The molecule has 0 saturated carbocycles. The summed E-state index contributed by atoms with van der Waals surface area (Å²) in [4.78, 5) is 24.6. The lowest BCUT2D eigenvalue weighted by Gasteiger charge is -2.18. The van der Waals surface area contributed by atoms with Crippen LogP contribution in [0.5, 0.6) is 5.75 Å². The minimum atomic E-state index is -0.656. The van der Waals surface area contributed by atoms with Crippen molar-refractivity contribution >= 4 is 17.6 Å². The Morgan fingerprint density at radius 1 is 1.08 bits per heavy atom. The second kappa shape index (κ2) is 8.87. The molecule has 132 valence electrons. The number of anilines is 1. The number of carbonyl (C=O) groups excluding carboxylic acids is 2. The molecule has 0 saturated heterocycles. The first-order valence-corrected chi connectivity index (χ1v) is 8.35. The van der Waals surface area contributed by atoms with Gasteiger partial charge in [0, 0.05) is 0 Å². The maximum atomic E-state index is 12.6. The third-order valence-corrected chi connectivity index (χ3v) is 3.61. The van der Waals surface area contributed by atoms with E-state index < -0.39 is 12.1 Å². The van der Waals surface area contributed by atoms with Crippen molar-refractivity contribution in [2.45, 2.75) is 33.3 Å². The van der Waals surface area contributed by atoms with Gasteiger partial charge in [0.1, 0.15) is 5.75 Å². The van der Waals surface area contributed by atoms with Crippen LogP contribution in [0.2, 0.25) is 0 Å². The smallest absolute Gasteiger partial charge is 0.340 e. The van der Waals surface area contributed by atoms with Gasteiger partial charge in [0.15, 0.2) is 6.10 Å². The van der Waals surface area contributed by atoms with Crippen LogP contribution >= 0.6 is 0 Å². The SMILES string of the molecule is CCOC(=O)c1ccccc1NC(=O)[C@@H](CC)Oc1cccc(C)c1. The van der Waals surface area contributed by atoms with E-state index in [0.29, 0.717) is 23.4 Å². The Kier molecular flexibility index (Phi) is 6.57. The van der Waals surface area contributed by atoms with Gasteiger partial charge >= 0.3 is 5.97 Å². The van der Waals surface area contributed by atoms with Crippen molar-refractivity contribution in [2.24, 2.45) is 0 Å². The van der Waals surface area contributed by atoms with E-state index in [1.54, 1.807) is 31.2 Å². The summed E-state index contributed by atoms with van der Waals surface area (Å²) in [5.41, 5.74) is 1.79. The molecule has 2 aromatic rings. The number of rotatable bonds is 7. The molecule has 5 nitrogen and oxygen atoms in total. The minimum Gasteiger partial charge on any atom is -0.481 e. The molecule has 25 heavy (non-hydrogen) atoms. The first kappa shape index (κ1) is 18.5. The lowest BCUT2D eigenvalue weighted by Crippen LogP contribution is -2.33. The first-order chi connectivity index (χ1) is 12.0. The van der Waals surface area contributed by atoms with E-state index in [1.165, 1.54) is 0 Å². The molecule has 0 radical (unpaired) electrons. The zero-order chi connectivity index (χ0) is 18.2. The highest BCUT2D eigenvalue weighted by molar-refractivity contribution is 6.02. The van der Waals surface area contributed by atoms with Gasteiger partial charge in [-0.2, -0.15) is 0 Å². The van der Waals surface area contributed by atoms with E-state index in [4.69, 9.17) is 9.47 Å². The molecule has 0 aliphatic heterocycles. The number of hydrogen-bond donors (Lipinski definition) is 1. The molecular formula is C20H23NO4. The quantitative estimate of drug-likeness (QED) is 0.774. The molecule has 1 N–H and O–H groups in total. The first-order valence-electron chi connectivity index (χ1n) is 8.35. The summed E-state index contributed by atoms with van der Waals surface area (Å²) in [6.07, 6.45) is -0.154. The average molecular weight is 341 g/mol. The number of hydrogen-bond acceptors (Lipinski definition) is 4. The highest BCUT2D eigenvalue weighted by Crippen LogP contribution is 2.19. The second-order valence-electron chi connectivity index (χ2n) is 5.59. The van der Waals surface area contributed by atoms with Gasteiger partial charge in [0.05, 0.1) is 17.9 Å². The molecule has 5 heteroatoms. The van der Waals surface area contributed by atoms with Crippen LogP contribution in [0.15, 0.2) is 48.5 Å². The van der Waals surface area contributed by atoms with Gasteiger partial charge in [-0.05, 0) is 50.1 Å². The van der Waals surface area contributed by atoms with Crippen LogP contribution in [0.3, 0.4) is 0 Å². The number of nitrogens with one attached hydrogen (secondary N) is 1. The molecule has 0 aromatic heterocycles. The Labute approximate surface area is 148 Å². The fourth-order valence-electron chi connectivity index (χ4n) is 2.37. The summed E-state index contributed by atoms with van der Waals surface area (Å²) in [6, 6.07) is 14.3. The zero-order valence-electron chi connectivity index (χ0n) is 14.7. The predicted molar refractivity (Wildman–Crippen MR) is 96.9 cm³/mol. The Hall–Kier alpha value is -2.82. The Balaban J connectivity index is 2.13. The normalized spacial score (nSPS) is 11.5. The maximum Gasteiger partial charge on any atom is 0.340 e. The van der Waals surface area contributed by atoms with Crippen molar-refractivity contribution in [2.75, 3.05) is 11.9 Å². The van der Waals surface area contributed by atoms with Gasteiger partial charge in [0.2, 0.25) is 0 Å². The molecule has 0 unspecified atom stereocenters. The number of esters is 1. The molecule has 2 aromatic carbocycles. The van der Waals surface area contributed by atoms with Gasteiger partial charge in [-0.25, -0.2) is 4.79 Å². The molecule has 0 heterocycles.